The highest BCUT2D eigenvalue weighted by molar-refractivity contribution is 9.11. The van der Waals surface area contributed by atoms with E-state index in [1.165, 1.54) is 0 Å². The molecule has 2 aromatic rings. The van der Waals surface area contributed by atoms with E-state index in [0.29, 0.717) is 40.3 Å². The summed E-state index contributed by atoms with van der Waals surface area (Å²) in [6, 6.07) is 9.23. The van der Waals surface area contributed by atoms with Crippen LogP contribution in [-0.4, -0.2) is 19.0 Å². The SMILES string of the molecule is Cc1ccc(Br)c(C(=O)c2cc3c(cc2Br)OCCO3)c1. The molecule has 0 bridgehead atoms. The summed E-state index contributed by atoms with van der Waals surface area (Å²) in [5, 5.41) is 0. The maximum absolute atomic E-state index is 12.8. The Morgan fingerprint density at radius 2 is 1.57 bits per heavy atom. The van der Waals surface area contributed by atoms with Crippen molar-refractivity contribution in [2.45, 2.75) is 6.92 Å². The van der Waals surface area contributed by atoms with Crippen molar-refractivity contribution < 1.29 is 14.3 Å². The number of ether oxygens (including phenoxy) is 2. The van der Waals surface area contributed by atoms with Crippen molar-refractivity contribution in [3.05, 3.63) is 56.0 Å². The molecule has 0 saturated carbocycles. The average Bonchev–Trinajstić information content (AvgIpc) is 2.48. The normalized spacial score (nSPS) is 13.1. The summed E-state index contributed by atoms with van der Waals surface area (Å²) < 4.78 is 12.5. The van der Waals surface area contributed by atoms with Crippen molar-refractivity contribution in [2.24, 2.45) is 0 Å². The second-order valence-corrected chi connectivity index (χ2v) is 6.50. The Morgan fingerprint density at radius 3 is 2.29 bits per heavy atom. The second-order valence-electron chi connectivity index (χ2n) is 4.79. The minimum absolute atomic E-state index is 0.0607. The lowest BCUT2D eigenvalue weighted by molar-refractivity contribution is 0.103. The zero-order chi connectivity index (χ0) is 15.0. The summed E-state index contributed by atoms with van der Waals surface area (Å²) in [6.07, 6.45) is 0. The number of halogens is 2. The number of fused-ring (bicyclic) bond motifs is 1. The summed E-state index contributed by atoms with van der Waals surface area (Å²) in [6.45, 7) is 2.98. The van der Waals surface area contributed by atoms with E-state index in [1.807, 2.05) is 25.1 Å². The smallest absolute Gasteiger partial charge is 0.195 e. The first kappa shape index (κ1) is 14.6. The van der Waals surface area contributed by atoms with Crippen LogP contribution in [0, 0.1) is 6.92 Å². The Morgan fingerprint density at radius 1 is 0.952 bits per heavy atom. The zero-order valence-corrected chi connectivity index (χ0v) is 14.5. The van der Waals surface area contributed by atoms with Gasteiger partial charge in [-0.3, -0.25) is 4.79 Å². The number of ketones is 1. The molecule has 2 aromatic carbocycles. The van der Waals surface area contributed by atoms with Gasteiger partial charge in [-0.2, -0.15) is 0 Å². The molecular weight excluding hydrogens is 400 g/mol. The van der Waals surface area contributed by atoms with Gasteiger partial charge in [-0.15, -0.1) is 0 Å². The van der Waals surface area contributed by atoms with Crippen molar-refractivity contribution in [1.29, 1.82) is 0 Å². The lowest BCUT2D eigenvalue weighted by atomic mass is 10.0. The van der Waals surface area contributed by atoms with E-state index in [4.69, 9.17) is 9.47 Å². The lowest BCUT2D eigenvalue weighted by Gasteiger charge is -2.19. The van der Waals surface area contributed by atoms with Gasteiger partial charge >= 0.3 is 0 Å². The highest BCUT2D eigenvalue weighted by Gasteiger charge is 2.21. The fourth-order valence-electron chi connectivity index (χ4n) is 2.20. The molecule has 0 saturated heterocycles. The number of hydrogen-bond acceptors (Lipinski definition) is 3. The van der Waals surface area contributed by atoms with Crippen LogP contribution in [0.15, 0.2) is 39.3 Å². The third kappa shape index (κ3) is 2.85. The monoisotopic (exact) mass is 410 g/mol. The number of rotatable bonds is 2. The molecule has 0 fully saturated rings. The zero-order valence-electron chi connectivity index (χ0n) is 11.3. The topological polar surface area (TPSA) is 35.5 Å². The van der Waals surface area contributed by atoms with E-state index in [0.717, 1.165) is 10.0 Å². The summed E-state index contributed by atoms with van der Waals surface area (Å²) in [7, 11) is 0. The fourth-order valence-corrected chi connectivity index (χ4v) is 3.13. The van der Waals surface area contributed by atoms with Gasteiger partial charge in [0, 0.05) is 20.1 Å². The molecule has 1 aliphatic rings. The standard InChI is InChI=1S/C16H12Br2O3/c1-9-2-3-12(17)10(6-9)16(19)11-7-14-15(8-13(11)18)21-5-4-20-14/h2-3,6-8H,4-5H2,1H3. The number of aryl methyl sites for hydroxylation is 1. The van der Waals surface area contributed by atoms with Crippen LogP contribution < -0.4 is 9.47 Å². The predicted octanol–water partition coefficient (Wildman–Crippen LogP) is 4.52. The van der Waals surface area contributed by atoms with E-state index < -0.39 is 0 Å². The third-order valence-electron chi connectivity index (χ3n) is 3.24. The molecule has 5 heteroatoms. The molecule has 0 spiro atoms. The Bertz CT molecular complexity index is 726. The van der Waals surface area contributed by atoms with Crippen LogP contribution in [0.4, 0.5) is 0 Å². The summed E-state index contributed by atoms with van der Waals surface area (Å²) in [5.74, 6) is 1.21. The molecule has 108 valence electrons. The number of carbonyl (C=O) groups is 1. The van der Waals surface area contributed by atoms with Crippen LogP contribution in [0.25, 0.3) is 0 Å². The molecule has 3 rings (SSSR count). The van der Waals surface area contributed by atoms with E-state index in [-0.39, 0.29) is 5.78 Å². The number of hydrogen-bond donors (Lipinski definition) is 0. The minimum Gasteiger partial charge on any atom is -0.486 e. The van der Waals surface area contributed by atoms with Gasteiger partial charge in [0.15, 0.2) is 17.3 Å². The maximum atomic E-state index is 12.8. The van der Waals surface area contributed by atoms with Crippen LogP contribution in [0.5, 0.6) is 11.5 Å². The van der Waals surface area contributed by atoms with Gasteiger partial charge in [0.1, 0.15) is 13.2 Å². The molecule has 3 nitrogen and oxygen atoms in total. The first-order valence-electron chi connectivity index (χ1n) is 6.46. The largest absolute Gasteiger partial charge is 0.486 e. The summed E-state index contributed by atoms with van der Waals surface area (Å²) in [4.78, 5) is 12.8. The van der Waals surface area contributed by atoms with Crippen molar-refractivity contribution in [2.75, 3.05) is 13.2 Å². The molecular formula is C16H12Br2O3. The molecule has 1 aliphatic heterocycles. The Labute approximate surface area is 139 Å². The second kappa shape index (κ2) is 5.81. The van der Waals surface area contributed by atoms with Gasteiger partial charge < -0.3 is 9.47 Å². The van der Waals surface area contributed by atoms with Crippen LogP contribution >= 0.6 is 31.9 Å². The van der Waals surface area contributed by atoms with E-state index in [1.54, 1.807) is 12.1 Å². The van der Waals surface area contributed by atoms with Crippen LogP contribution in [0.1, 0.15) is 21.5 Å². The van der Waals surface area contributed by atoms with E-state index in [2.05, 4.69) is 31.9 Å². The molecule has 0 amide bonds. The Hall–Kier alpha value is -1.33. The third-order valence-corrected chi connectivity index (χ3v) is 4.59. The molecule has 0 unspecified atom stereocenters. The van der Waals surface area contributed by atoms with Crippen LogP contribution in [0.3, 0.4) is 0 Å². The molecule has 0 aliphatic carbocycles. The van der Waals surface area contributed by atoms with Crippen LogP contribution in [0.2, 0.25) is 0 Å². The van der Waals surface area contributed by atoms with Gasteiger partial charge in [0.2, 0.25) is 0 Å². The van der Waals surface area contributed by atoms with Gasteiger partial charge in [0.25, 0.3) is 0 Å². The molecule has 1 heterocycles. The lowest BCUT2D eigenvalue weighted by Crippen LogP contribution is -2.16. The molecule has 0 N–H and O–H groups in total. The molecule has 0 aromatic heterocycles. The predicted molar refractivity (Wildman–Crippen MR) is 87.4 cm³/mol. The number of benzene rings is 2. The molecule has 0 atom stereocenters. The quantitative estimate of drug-likeness (QED) is 0.681. The fraction of sp³-hybridized carbons (Fsp3) is 0.188. The minimum atomic E-state index is -0.0607. The summed E-state index contributed by atoms with van der Waals surface area (Å²) in [5.41, 5.74) is 2.23. The first-order chi connectivity index (χ1) is 10.1. The van der Waals surface area contributed by atoms with Gasteiger partial charge in [-0.1, -0.05) is 27.6 Å². The van der Waals surface area contributed by atoms with Crippen molar-refractivity contribution in [3.8, 4) is 11.5 Å². The first-order valence-corrected chi connectivity index (χ1v) is 8.05. The molecule has 0 radical (unpaired) electrons. The van der Waals surface area contributed by atoms with Gasteiger partial charge in [0.05, 0.1) is 0 Å². The number of carbonyl (C=O) groups excluding carboxylic acids is 1. The highest BCUT2D eigenvalue weighted by atomic mass is 79.9. The van der Waals surface area contributed by atoms with Crippen molar-refractivity contribution in [3.63, 3.8) is 0 Å². The summed E-state index contributed by atoms with van der Waals surface area (Å²) >= 11 is 6.88. The van der Waals surface area contributed by atoms with E-state index >= 15 is 0 Å². The van der Waals surface area contributed by atoms with Crippen LogP contribution in [-0.2, 0) is 0 Å². The Balaban J connectivity index is 2.07. The van der Waals surface area contributed by atoms with Gasteiger partial charge in [-0.25, -0.2) is 0 Å². The van der Waals surface area contributed by atoms with Crippen molar-refractivity contribution in [1.82, 2.24) is 0 Å². The van der Waals surface area contributed by atoms with E-state index in [9.17, 15) is 4.79 Å². The average molecular weight is 412 g/mol. The highest BCUT2D eigenvalue weighted by Crippen LogP contribution is 2.37. The maximum Gasteiger partial charge on any atom is 0.195 e. The van der Waals surface area contributed by atoms with Crippen molar-refractivity contribution >= 4 is 37.6 Å². The van der Waals surface area contributed by atoms with Gasteiger partial charge in [-0.05, 0) is 47.1 Å². The Kier molecular flexibility index (Phi) is 4.04. The molecule has 21 heavy (non-hydrogen) atoms.